The first-order valence-corrected chi connectivity index (χ1v) is 5.50. The fraction of sp³-hybridized carbons (Fsp3) is 0.286. The summed E-state index contributed by atoms with van der Waals surface area (Å²) in [6.07, 6.45) is -0.845. The average Bonchev–Trinajstić information content (AvgIpc) is 2.61. The predicted molar refractivity (Wildman–Crippen MR) is 63.4 cm³/mol. The molecule has 3 heteroatoms. The van der Waals surface area contributed by atoms with Gasteiger partial charge in [0.25, 0.3) is 0 Å². The Bertz CT molecular complexity index is 543. The minimum Gasteiger partial charge on any atom is -0.466 e. The van der Waals surface area contributed by atoms with Gasteiger partial charge in [0, 0.05) is 5.56 Å². The fourth-order valence-corrected chi connectivity index (χ4v) is 1.88. The number of halogens is 1. The number of aliphatic hydroxyl groups excluding tert-OH is 1. The predicted octanol–water partition coefficient (Wildman–Crippen LogP) is 3.43. The Kier molecular flexibility index (Phi) is 3.03. The molecule has 0 spiro atoms. The van der Waals surface area contributed by atoms with Crippen molar-refractivity contribution in [2.45, 2.75) is 26.9 Å². The van der Waals surface area contributed by atoms with Crippen molar-refractivity contribution in [2.75, 3.05) is 0 Å². The number of aliphatic hydroxyl groups is 1. The van der Waals surface area contributed by atoms with E-state index in [9.17, 15) is 9.50 Å². The van der Waals surface area contributed by atoms with E-state index in [-0.39, 0.29) is 5.82 Å². The van der Waals surface area contributed by atoms with Gasteiger partial charge < -0.3 is 9.52 Å². The van der Waals surface area contributed by atoms with Crippen LogP contribution in [0.25, 0.3) is 0 Å². The Morgan fingerprint density at radius 2 is 1.88 bits per heavy atom. The maximum absolute atomic E-state index is 13.4. The lowest BCUT2D eigenvalue weighted by Gasteiger charge is -2.10. The monoisotopic (exact) mass is 234 g/mol. The lowest BCUT2D eigenvalue weighted by atomic mass is 10.0. The Hall–Kier alpha value is -1.61. The molecule has 2 rings (SSSR count). The zero-order chi connectivity index (χ0) is 12.6. The lowest BCUT2D eigenvalue weighted by molar-refractivity contribution is 0.217. The Morgan fingerprint density at radius 1 is 1.18 bits per heavy atom. The van der Waals surface area contributed by atoms with Gasteiger partial charge in [-0.25, -0.2) is 4.39 Å². The van der Waals surface area contributed by atoms with Crippen LogP contribution in [0.5, 0.6) is 0 Å². The molecule has 90 valence electrons. The van der Waals surface area contributed by atoms with Gasteiger partial charge in [-0.1, -0.05) is 12.1 Å². The van der Waals surface area contributed by atoms with Crippen LogP contribution in [-0.4, -0.2) is 5.11 Å². The lowest BCUT2D eigenvalue weighted by Crippen LogP contribution is -2.01. The molecule has 1 unspecified atom stereocenters. The van der Waals surface area contributed by atoms with Crippen LogP contribution < -0.4 is 0 Å². The van der Waals surface area contributed by atoms with Crippen LogP contribution in [0.1, 0.15) is 34.3 Å². The molecular formula is C14H15FO2. The van der Waals surface area contributed by atoms with Crippen molar-refractivity contribution in [1.82, 2.24) is 0 Å². The van der Waals surface area contributed by atoms with E-state index in [1.807, 2.05) is 6.92 Å². The van der Waals surface area contributed by atoms with Gasteiger partial charge in [-0.15, -0.1) is 0 Å². The van der Waals surface area contributed by atoms with Crippen molar-refractivity contribution in [3.8, 4) is 0 Å². The van der Waals surface area contributed by atoms with E-state index in [2.05, 4.69) is 0 Å². The summed E-state index contributed by atoms with van der Waals surface area (Å²) in [4.78, 5) is 0. The molecule has 1 heterocycles. The summed E-state index contributed by atoms with van der Waals surface area (Å²) < 4.78 is 18.8. The van der Waals surface area contributed by atoms with Gasteiger partial charge >= 0.3 is 0 Å². The number of furan rings is 1. The molecule has 17 heavy (non-hydrogen) atoms. The summed E-state index contributed by atoms with van der Waals surface area (Å²) in [5.41, 5.74) is 1.80. The highest BCUT2D eigenvalue weighted by atomic mass is 19.1. The first-order chi connectivity index (χ1) is 7.99. The van der Waals surface area contributed by atoms with E-state index >= 15 is 0 Å². The van der Waals surface area contributed by atoms with Crippen LogP contribution >= 0.6 is 0 Å². The maximum atomic E-state index is 13.4. The number of hydrogen-bond acceptors (Lipinski definition) is 2. The standard InChI is InChI=1S/C14H15FO2/c1-8-4-5-11(7-13(8)15)14(16)12-6-9(2)17-10(12)3/h4-7,14,16H,1-3H3. The third kappa shape index (κ3) is 2.24. The molecule has 2 aromatic rings. The summed E-state index contributed by atoms with van der Waals surface area (Å²) in [5, 5.41) is 10.2. The summed E-state index contributed by atoms with van der Waals surface area (Å²) in [5.74, 6) is 1.10. The Labute approximate surface area is 99.7 Å². The Balaban J connectivity index is 2.40. The molecule has 1 N–H and O–H groups in total. The molecule has 0 fully saturated rings. The number of benzene rings is 1. The normalized spacial score (nSPS) is 12.8. The van der Waals surface area contributed by atoms with E-state index in [0.717, 1.165) is 5.76 Å². The molecule has 0 aliphatic carbocycles. The fourth-order valence-electron chi connectivity index (χ4n) is 1.88. The maximum Gasteiger partial charge on any atom is 0.126 e. The zero-order valence-electron chi connectivity index (χ0n) is 10.1. The van der Waals surface area contributed by atoms with Gasteiger partial charge in [0.1, 0.15) is 23.4 Å². The van der Waals surface area contributed by atoms with Crippen LogP contribution in [0.3, 0.4) is 0 Å². The second-order valence-corrected chi connectivity index (χ2v) is 4.28. The molecule has 0 aliphatic heterocycles. The molecular weight excluding hydrogens is 219 g/mol. The van der Waals surface area contributed by atoms with Gasteiger partial charge in [-0.2, -0.15) is 0 Å². The van der Waals surface area contributed by atoms with Crippen LogP contribution in [0.4, 0.5) is 4.39 Å². The molecule has 0 saturated heterocycles. The highest BCUT2D eigenvalue weighted by molar-refractivity contribution is 5.34. The molecule has 0 bridgehead atoms. The third-order valence-corrected chi connectivity index (χ3v) is 2.89. The minimum absolute atomic E-state index is 0.306. The first-order valence-electron chi connectivity index (χ1n) is 5.50. The second kappa shape index (κ2) is 4.34. The third-order valence-electron chi connectivity index (χ3n) is 2.89. The summed E-state index contributed by atoms with van der Waals surface area (Å²) in [7, 11) is 0. The molecule has 0 radical (unpaired) electrons. The molecule has 0 aliphatic rings. The molecule has 1 atom stereocenters. The van der Waals surface area contributed by atoms with E-state index in [1.165, 1.54) is 6.07 Å². The topological polar surface area (TPSA) is 33.4 Å². The van der Waals surface area contributed by atoms with Gasteiger partial charge in [0.05, 0.1) is 0 Å². The first kappa shape index (κ1) is 11.9. The number of hydrogen-bond donors (Lipinski definition) is 1. The van der Waals surface area contributed by atoms with Crippen molar-refractivity contribution in [2.24, 2.45) is 0 Å². The van der Waals surface area contributed by atoms with Crippen LogP contribution in [-0.2, 0) is 0 Å². The van der Waals surface area contributed by atoms with Crippen LogP contribution in [0, 0.1) is 26.6 Å². The van der Waals surface area contributed by atoms with Gasteiger partial charge in [0.15, 0.2) is 0 Å². The second-order valence-electron chi connectivity index (χ2n) is 4.28. The summed E-state index contributed by atoms with van der Waals surface area (Å²) in [6.45, 7) is 5.30. The van der Waals surface area contributed by atoms with Gasteiger partial charge in [-0.3, -0.25) is 0 Å². The molecule has 1 aromatic carbocycles. The van der Waals surface area contributed by atoms with Gasteiger partial charge in [0.2, 0.25) is 0 Å². The van der Waals surface area contributed by atoms with E-state index in [0.29, 0.717) is 22.5 Å². The van der Waals surface area contributed by atoms with E-state index in [1.54, 1.807) is 32.0 Å². The van der Waals surface area contributed by atoms with E-state index in [4.69, 9.17) is 4.42 Å². The number of rotatable bonds is 2. The van der Waals surface area contributed by atoms with Crippen molar-refractivity contribution >= 4 is 0 Å². The van der Waals surface area contributed by atoms with Crippen LogP contribution in [0.2, 0.25) is 0 Å². The molecule has 2 nitrogen and oxygen atoms in total. The summed E-state index contributed by atoms with van der Waals surface area (Å²) in [6, 6.07) is 6.53. The van der Waals surface area contributed by atoms with Crippen molar-refractivity contribution in [1.29, 1.82) is 0 Å². The SMILES string of the molecule is Cc1cc(C(O)c2ccc(C)c(F)c2)c(C)o1. The molecule has 0 saturated carbocycles. The highest BCUT2D eigenvalue weighted by Crippen LogP contribution is 2.28. The molecule has 0 amide bonds. The largest absolute Gasteiger partial charge is 0.466 e. The number of aryl methyl sites for hydroxylation is 3. The smallest absolute Gasteiger partial charge is 0.126 e. The zero-order valence-corrected chi connectivity index (χ0v) is 10.1. The van der Waals surface area contributed by atoms with Crippen LogP contribution in [0.15, 0.2) is 28.7 Å². The quantitative estimate of drug-likeness (QED) is 0.863. The molecule has 1 aromatic heterocycles. The van der Waals surface area contributed by atoms with E-state index < -0.39 is 6.10 Å². The summed E-state index contributed by atoms with van der Waals surface area (Å²) >= 11 is 0. The Morgan fingerprint density at radius 3 is 2.41 bits per heavy atom. The highest BCUT2D eigenvalue weighted by Gasteiger charge is 2.17. The van der Waals surface area contributed by atoms with Crippen molar-refractivity contribution in [3.63, 3.8) is 0 Å². The minimum atomic E-state index is -0.845. The average molecular weight is 234 g/mol. The van der Waals surface area contributed by atoms with Crippen molar-refractivity contribution < 1.29 is 13.9 Å². The van der Waals surface area contributed by atoms with Gasteiger partial charge in [-0.05, 0) is 44.0 Å². The van der Waals surface area contributed by atoms with Crippen molar-refractivity contribution in [3.05, 3.63) is 58.3 Å².